The van der Waals surface area contributed by atoms with Crippen molar-refractivity contribution in [3.8, 4) is 0 Å². The largest absolute Gasteiger partial charge is 0.420 e. The molecule has 13 heavy (non-hydrogen) atoms. The van der Waals surface area contributed by atoms with Crippen molar-refractivity contribution in [2.45, 2.75) is 11.8 Å². The van der Waals surface area contributed by atoms with Gasteiger partial charge in [-0.1, -0.05) is 0 Å². The number of rotatable bonds is 1. The number of halogens is 3. The lowest BCUT2D eigenvalue weighted by Gasteiger charge is -2.49. The molecule has 0 aromatic carbocycles. The van der Waals surface area contributed by atoms with Crippen LogP contribution in [0, 0.1) is 5.41 Å². The van der Waals surface area contributed by atoms with Crippen molar-refractivity contribution in [2.24, 2.45) is 5.73 Å². The van der Waals surface area contributed by atoms with Crippen molar-refractivity contribution in [1.29, 1.82) is 5.41 Å². The summed E-state index contributed by atoms with van der Waals surface area (Å²) in [5.41, 5.74) is 2.86. The normalized spacial score (nSPS) is 21.1. The Bertz CT molecular complexity index is 222. The zero-order chi connectivity index (χ0) is 10.3. The zero-order valence-electron chi connectivity index (χ0n) is 6.98. The summed E-state index contributed by atoms with van der Waals surface area (Å²) in [5, 5.41) is 6.89. The number of nitrogens with one attached hydrogen (secondary N) is 1. The van der Waals surface area contributed by atoms with E-state index in [9.17, 15) is 13.2 Å². The number of alkyl halides is 3. The van der Waals surface area contributed by atoms with E-state index in [0.717, 1.165) is 12.0 Å². The van der Waals surface area contributed by atoms with Crippen molar-refractivity contribution >= 4 is 5.96 Å². The van der Waals surface area contributed by atoms with Gasteiger partial charge in [0.15, 0.2) is 11.6 Å². The molecule has 1 saturated heterocycles. The summed E-state index contributed by atoms with van der Waals surface area (Å²) in [5.74, 6) is -0.364. The molecule has 0 saturated carbocycles. The van der Waals surface area contributed by atoms with Gasteiger partial charge >= 0.3 is 6.18 Å². The van der Waals surface area contributed by atoms with Crippen LogP contribution in [0.25, 0.3) is 0 Å². The Hall–Kier alpha value is -0.980. The lowest BCUT2D eigenvalue weighted by Crippen LogP contribution is -2.72. The average Bonchev–Trinajstić information content (AvgIpc) is 1.81. The molecule has 1 aliphatic rings. The highest BCUT2D eigenvalue weighted by atomic mass is 19.4. The number of nitrogens with two attached hydrogens (primary N) is 1. The summed E-state index contributed by atoms with van der Waals surface area (Å²) in [7, 11) is 1.00. The van der Waals surface area contributed by atoms with Crippen LogP contribution < -0.4 is 5.73 Å². The molecule has 4 nitrogen and oxygen atoms in total. The Balaban J connectivity index is 2.66. The van der Waals surface area contributed by atoms with Gasteiger partial charge in [-0.15, -0.1) is 0 Å². The van der Waals surface area contributed by atoms with E-state index in [1.807, 2.05) is 0 Å². The fourth-order valence-electron chi connectivity index (χ4n) is 1.16. The van der Waals surface area contributed by atoms with E-state index < -0.39 is 24.9 Å². The molecule has 0 unspecified atom stereocenters. The second-order valence-electron chi connectivity index (χ2n) is 2.94. The van der Waals surface area contributed by atoms with Gasteiger partial charge in [0, 0.05) is 7.11 Å². The van der Waals surface area contributed by atoms with Crippen molar-refractivity contribution < 1.29 is 17.9 Å². The van der Waals surface area contributed by atoms with E-state index in [-0.39, 0.29) is 5.96 Å². The molecule has 1 aliphatic heterocycles. The Morgan fingerprint density at radius 1 is 1.54 bits per heavy atom. The summed E-state index contributed by atoms with van der Waals surface area (Å²) in [6.45, 7) is -0.801. The standard InChI is InChI=1S/C6H10F3N3O/c1-13-5(6(7,8)9)2-12(3-5)4(10)11/h2-3H2,1H3,(H3,10,11). The number of hydrogen-bond acceptors (Lipinski definition) is 2. The Morgan fingerprint density at radius 3 is 2.23 bits per heavy atom. The summed E-state index contributed by atoms with van der Waals surface area (Å²) >= 11 is 0. The van der Waals surface area contributed by atoms with E-state index in [1.165, 1.54) is 0 Å². The fourth-order valence-corrected chi connectivity index (χ4v) is 1.16. The van der Waals surface area contributed by atoms with Crippen LogP contribution in [-0.2, 0) is 4.74 Å². The van der Waals surface area contributed by atoms with Gasteiger partial charge in [0.2, 0.25) is 0 Å². The van der Waals surface area contributed by atoms with Crippen LogP contribution in [0.15, 0.2) is 0 Å². The highest BCUT2D eigenvalue weighted by molar-refractivity contribution is 5.76. The molecule has 3 N–H and O–H groups in total. The maximum Gasteiger partial charge on any atom is 0.420 e. The number of nitrogens with zero attached hydrogens (tertiary/aromatic N) is 1. The van der Waals surface area contributed by atoms with Gasteiger partial charge in [-0.05, 0) is 0 Å². The van der Waals surface area contributed by atoms with E-state index in [4.69, 9.17) is 11.1 Å². The molecule has 0 bridgehead atoms. The van der Waals surface area contributed by atoms with Gasteiger partial charge in [-0.25, -0.2) is 0 Å². The number of guanidine groups is 1. The monoisotopic (exact) mass is 197 g/mol. The number of methoxy groups -OCH3 is 1. The molecule has 76 valence electrons. The van der Waals surface area contributed by atoms with E-state index in [0.29, 0.717) is 0 Å². The van der Waals surface area contributed by atoms with Crippen LogP contribution in [0.1, 0.15) is 0 Å². The second kappa shape index (κ2) is 2.76. The minimum atomic E-state index is -4.41. The first-order valence-corrected chi connectivity index (χ1v) is 3.53. The quantitative estimate of drug-likeness (QED) is 0.464. The summed E-state index contributed by atoms with van der Waals surface area (Å²) in [6.07, 6.45) is -4.41. The second-order valence-corrected chi connectivity index (χ2v) is 2.94. The number of likely N-dealkylation sites (tertiary alicyclic amines) is 1. The Morgan fingerprint density at radius 2 is 2.00 bits per heavy atom. The highest BCUT2D eigenvalue weighted by Gasteiger charge is 2.63. The first kappa shape index (κ1) is 10.1. The molecule has 0 aromatic heterocycles. The van der Waals surface area contributed by atoms with Crippen molar-refractivity contribution in [2.75, 3.05) is 20.2 Å². The van der Waals surface area contributed by atoms with Gasteiger partial charge < -0.3 is 15.4 Å². The Labute approximate surface area is 73.0 Å². The van der Waals surface area contributed by atoms with Crippen LogP contribution >= 0.6 is 0 Å². The van der Waals surface area contributed by atoms with Crippen LogP contribution in [0.3, 0.4) is 0 Å². The van der Waals surface area contributed by atoms with Gasteiger partial charge in [-0.2, -0.15) is 13.2 Å². The lowest BCUT2D eigenvalue weighted by atomic mass is 9.93. The summed E-state index contributed by atoms with van der Waals surface area (Å²) < 4.78 is 41.4. The molecule has 7 heteroatoms. The van der Waals surface area contributed by atoms with Crippen molar-refractivity contribution in [3.63, 3.8) is 0 Å². The van der Waals surface area contributed by atoms with Crippen LogP contribution in [0.5, 0.6) is 0 Å². The van der Waals surface area contributed by atoms with Crippen LogP contribution in [0.4, 0.5) is 13.2 Å². The van der Waals surface area contributed by atoms with E-state index >= 15 is 0 Å². The highest BCUT2D eigenvalue weighted by Crippen LogP contribution is 2.39. The third-order valence-electron chi connectivity index (χ3n) is 2.14. The van der Waals surface area contributed by atoms with Gasteiger partial charge in [0.05, 0.1) is 13.1 Å². The van der Waals surface area contributed by atoms with Gasteiger partial charge in [0.1, 0.15) is 0 Å². The SMILES string of the molecule is COC1(C(F)(F)F)CN(C(=N)N)C1. The smallest absolute Gasteiger partial charge is 0.370 e. The zero-order valence-corrected chi connectivity index (χ0v) is 6.98. The third kappa shape index (κ3) is 1.43. The summed E-state index contributed by atoms with van der Waals surface area (Å²) in [6, 6.07) is 0. The molecule has 0 atom stereocenters. The van der Waals surface area contributed by atoms with Gasteiger partial charge in [-0.3, -0.25) is 5.41 Å². The predicted octanol–water partition coefficient (Wildman–Crippen LogP) is 0.143. The first-order chi connectivity index (χ1) is 5.82. The molecule has 1 fully saturated rings. The van der Waals surface area contributed by atoms with Gasteiger partial charge in [0.25, 0.3) is 0 Å². The minimum Gasteiger partial charge on any atom is -0.370 e. The fraction of sp³-hybridized carbons (Fsp3) is 0.833. The molecule has 1 heterocycles. The molecule has 0 amide bonds. The predicted molar refractivity (Wildman–Crippen MR) is 39.3 cm³/mol. The van der Waals surface area contributed by atoms with Crippen LogP contribution in [-0.4, -0.2) is 42.8 Å². The maximum atomic E-state index is 12.3. The van der Waals surface area contributed by atoms with Crippen molar-refractivity contribution in [3.05, 3.63) is 0 Å². The first-order valence-electron chi connectivity index (χ1n) is 3.53. The molecular formula is C6H10F3N3O. The molecular weight excluding hydrogens is 187 g/mol. The molecule has 0 aromatic rings. The topological polar surface area (TPSA) is 62.3 Å². The lowest BCUT2D eigenvalue weighted by molar-refractivity contribution is -0.302. The maximum absolute atomic E-state index is 12.3. The Kier molecular flexibility index (Phi) is 2.15. The molecule has 0 aliphatic carbocycles. The summed E-state index contributed by atoms with van der Waals surface area (Å²) in [4.78, 5) is 1.09. The van der Waals surface area contributed by atoms with Crippen molar-refractivity contribution in [1.82, 2.24) is 4.90 Å². The van der Waals surface area contributed by atoms with E-state index in [1.54, 1.807) is 0 Å². The number of ether oxygens (including phenoxy) is 1. The number of hydrogen-bond donors (Lipinski definition) is 2. The molecule has 1 rings (SSSR count). The average molecular weight is 197 g/mol. The molecule has 0 radical (unpaired) electrons. The third-order valence-corrected chi connectivity index (χ3v) is 2.14. The minimum absolute atomic E-state index is 0.364. The van der Waals surface area contributed by atoms with Crippen LogP contribution in [0.2, 0.25) is 0 Å². The molecule has 0 spiro atoms. The van der Waals surface area contributed by atoms with E-state index in [2.05, 4.69) is 4.74 Å².